The fourth-order valence-corrected chi connectivity index (χ4v) is 5.23. The molecule has 0 saturated heterocycles. The Morgan fingerprint density at radius 1 is 0.625 bits per heavy atom. The van der Waals surface area contributed by atoms with E-state index in [1.165, 1.54) is 0 Å². The lowest BCUT2D eigenvalue weighted by Crippen LogP contribution is -2.28. The maximum atomic E-state index is 5.34. The third-order valence-corrected chi connectivity index (χ3v) is 7.53. The summed E-state index contributed by atoms with van der Waals surface area (Å²) in [7, 11) is 3.18. The van der Waals surface area contributed by atoms with E-state index in [2.05, 4.69) is 64.0 Å². The zero-order valence-electron chi connectivity index (χ0n) is 15.6. The van der Waals surface area contributed by atoms with Crippen molar-refractivity contribution in [2.24, 2.45) is 0 Å². The van der Waals surface area contributed by atoms with Crippen molar-refractivity contribution in [3.63, 3.8) is 0 Å². The first-order valence-corrected chi connectivity index (χ1v) is 12.0. The second kappa shape index (κ2) is 17.1. The van der Waals surface area contributed by atoms with Crippen LogP contribution in [0, 0.1) is 0 Å². The van der Waals surface area contributed by atoms with E-state index in [-0.39, 0.29) is 0 Å². The van der Waals surface area contributed by atoms with Gasteiger partial charge in [0, 0.05) is 39.3 Å². The van der Waals surface area contributed by atoms with Gasteiger partial charge in [-0.25, -0.2) is 0 Å². The molecule has 0 fully saturated rings. The van der Waals surface area contributed by atoms with Crippen molar-refractivity contribution >= 4 is 83.8 Å². The number of hydrogen-bond donors (Lipinski definition) is 1. The van der Waals surface area contributed by atoms with Crippen molar-refractivity contribution in [2.75, 3.05) is 39.3 Å². The van der Waals surface area contributed by atoms with E-state index in [4.69, 9.17) is 36.7 Å². The number of nitrogens with zero attached hydrogens (tertiary/aromatic N) is 3. The normalized spacial score (nSPS) is 9.62. The van der Waals surface area contributed by atoms with Gasteiger partial charge in [0.1, 0.15) is 13.0 Å². The first-order valence-electron chi connectivity index (χ1n) is 8.22. The summed E-state index contributed by atoms with van der Waals surface area (Å²) in [5.41, 5.74) is 0. The molecule has 0 unspecified atom stereocenters. The van der Waals surface area contributed by atoms with Crippen LogP contribution in [0.3, 0.4) is 0 Å². The highest BCUT2D eigenvalue weighted by atomic mass is 33.1. The van der Waals surface area contributed by atoms with E-state index >= 15 is 0 Å². The first kappa shape index (κ1) is 26.9. The van der Waals surface area contributed by atoms with Crippen LogP contribution in [0.15, 0.2) is 0 Å². The zero-order chi connectivity index (χ0) is 19.1. The topological polar surface area (TPSA) is 9.72 Å². The summed E-state index contributed by atoms with van der Waals surface area (Å²) in [6.45, 7) is 18.3. The average Bonchev–Trinajstić information content (AvgIpc) is 2.56. The summed E-state index contributed by atoms with van der Waals surface area (Å²) < 4.78 is 2.53. The van der Waals surface area contributed by atoms with Crippen molar-refractivity contribution < 1.29 is 0 Å². The van der Waals surface area contributed by atoms with Gasteiger partial charge in [0.15, 0.2) is 0 Å². The Labute approximate surface area is 178 Å². The van der Waals surface area contributed by atoms with E-state index in [1.54, 1.807) is 21.6 Å². The Morgan fingerprint density at radius 2 is 0.875 bits per heavy atom. The monoisotopic (exact) mass is 445 g/mol. The molecule has 142 valence electrons. The van der Waals surface area contributed by atoms with Crippen molar-refractivity contribution in [1.82, 2.24) is 14.7 Å². The Balaban J connectivity index is 0. The molecule has 0 aromatic heterocycles. The van der Waals surface area contributed by atoms with Crippen LogP contribution < -0.4 is 0 Å². The fraction of sp³-hybridized carbons (Fsp3) is 0.800. The fourth-order valence-electron chi connectivity index (χ4n) is 1.63. The average molecular weight is 446 g/mol. The lowest BCUT2D eigenvalue weighted by atomic mass is 10.6. The molecule has 0 aliphatic carbocycles. The van der Waals surface area contributed by atoms with Gasteiger partial charge in [0.05, 0.1) is 0 Å². The van der Waals surface area contributed by atoms with Crippen molar-refractivity contribution in [3.8, 4) is 0 Å². The second-order valence-electron chi connectivity index (χ2n) is 4.50. The minimum absolute atomic E-state index is 0.690. The second-order valence-corrected chi connectivity index (χ2v) is 9.01. The summed E-state index contributed by atoms with van der Waals surface area (Å²) in [6, 6.07) is 0. The zero-order valence-corrected chi connectivity index (χ0v) is 20.5. The molecule has 0 rings (SSSR count). The molecular formula is C15H31N3S6. The van der Waals surface area contributed by atoms with Gasteiger partial charge < -0.3 is 14.7 Å². The molecule has 0 N–H and O–H groups in total. The van der Waals surface area contributed by atoms with E-state index in [0.717, 1.165) is 47.9 Å². The highest BCUT2D eigenvalue weighted by molar-refractivity contribution is 8.89. The molecule has 0 heterocycles. The summed E-state index contributed by atoms with van der Waals surface area (Å²) in [4.78, 5) is 6.34. The molecule has 0 amide bonds. The number of thiol groups is 1. The lowest BCUT2D eigenvalue weighted by molar-refractivity contribution is 0.482. The van der Waals surface area contributed by atoms with E-state index in [9.17, 15) is 0 Å². The van der Waals surface area contributed by atoms with Crippen LogP contribution in [0.25, 0.3) is 0 Å². The van der Waals surface area contributed by atoms with Gasteiger partial charge in [-0.2, -0.15) is 0 Å². The third kappa shape index (κ3) is 12.1. The maximum Gasteiger partial charge on any atom is 0.147 e. The van der Waals surface area contributed by atoms with Crippen LogP contribution in [-0.2, 0) is 0 Å². The Kier molecular flexibility index (Phi) is 19.3. The summed E-state index contributed by atoms with van der Waals surface area (Å²) in [5, 5.41) is 0. The smallest absolute Gasteiger partial charge is 0.147 e. The molecule has 0 aliphatic rings. The standard InChI is InChI=1S/C10H20N2S4.C5H11NS2/c1-5-11(6-2)9(13)15-16-10(14)12(7-3)8-4;1-3-6(4-2)5(7)8/h5-8H2,1-4H3;3-4H2,1-2H3,(H,7,8). The molecule has 9 heteroatoms. The molecular weight excluding hydrogens is 415 g/mol. The van der Waals surface area contributed by atoms with Crippen LogP contribution in [-0.4, -0.2) is 66.9 Å². The minimum Gasteiger partial charge on any atom is -0.358 e. The van der Waals surface area contributed by atoms with Crippen molar-refractivity contribution in [2.45, 2.75) is 41.5 Å². The van der Waals surface area contributed by atoms with Gasteiger partial charge in [-0.1, -0.05) is 36.7 Å². The Hall–Kier alpha value is 0.720. The van der Waals surface area contributed by atoms with E-state index < -0.39 is 0 Å². The largest absolute Gasteiger partial charge is 0.358 e. The van der Waals surface area contributed by atoms with Crippen LogP contribution in [0.5, 0.6) is 0 Å². The van der Waals surface area contributed by atoms with Crippen LogP contribution in [0.4, 0.5) is 0 Å². The predicted molar refractivity (Wildman–Crippen MR) is 131 cm³/mol. The van der Waals surface area contributed by atoms with E-state index in [1.807, 2.05) is 4.90 Å². The van der Waals surface area contributed by atoms with Crippen molar-refractivity contribution in [1.29, 1.82) is 0 Å². The highest BCUT2D eigenvalue weighted by Gasteiger charge is 2.11. The Bertz CT molecular complexity index is 342. The van der Waals surface area contributed by atoms with Crippen LogP contribution in [0.1, 0.15) is 41.5 Å². The van der Waals surface area contributed by atoms with Gasteiger partial charge >= 0.3 is 0 Å². The SMILES string of the molecule is CCN(CC)C(=S)S.CCN(CC)C(=S)SSC(=S)N(CC)CC. The van der Waals surface area contributed by atoms with Gasteiger partial charge in [-0.05, 0) is 63.1 Å². The molecule has 0 aromatic carbocycles. The Morgan fingerprint density at radius 3 is 1.00 bits per heavy atom. The summed E-state index contributed by atoms with van der Waals surface area (Å²) >= 11 is 19.5. The predicted octanol–water partition coefficient (Wildman–Crippen LogP) is 5.16. The highest BCUT2D eigenvalue weighted by Crippen LogP contribution is 2.28. The number of hydrogen-bond acceptors (Lipinski definition) is 5. The van der Waals surface area contributed by atoms with Crippen molar-refractivity contribution in [3.05, 3.63) is 0 Å². The number of thiocarbonyl (C=S) groups is 3. The van der Waals surface area contributed by atoms with Crippen LogP contribution >= 0.6 is 70.9 Å². The molecule has 0 spiro atoms. The molecule has 0 radical (unpaired) electrons. The molecule has 0 aromatic rings. The van der Waals surface area contributed by atoms with Gasteiger partial charge in [0.2, 0.25) is 0 Å². The first-order chi connectivity index (χ1) is 11.3. The lowest BCUT2D eigenvalue weighted by Gasteiger charge is -2.23. The van der Waals surface area contributed by atoms with E-state index in [0.29, 0.717) is 4.32 Å². The molecule has 0 bridgehead atoms. The summed E-state index contributed by atoms with van der Waals surface area (Å²) in [5.74, 6) is 0. The number of rotatable bonds is 6. The maximum absolute atomic E-state index is 5.34. The molecule has 0 saturated carbocycles. The third-order valence-electron chi connectivity index (χ3n) is 3.26. The molecule has 3 nitrogen and oxygen atoms in total. The van der Waals surface area contributed by atoms with Gasteiger partial charge in [0.25, 0.3) is 0 Å². The molecule has 24 heavy (non-hydrogen) atoms. The van der Waals surface area contributed by atoms with Gasteiger partial charge in [-0.15, -0.1) is 12.6 Å². The quantitative estimate of drug-likeness (QED) is 0.337. The molecule has 0 aliphatic heterocycles. The van der Waals surface area contributed by atoms with Crippen LogP contribution in [0.2, 0.25) is 0 Å². The summed E-state index contributed by atoms with van der Waals surface area (Å²) in [6.07, 6.45) is 0. The minimum atomic E-state index is 0.690. The van der Waals surface area contributed by atoms with Gasteiger partial charge in [-0.3, -0.25) is 0 Å². The molecule has 0 atom stereocenters.